The van der Waals surface area contributed by atoms with E-state index >= 15 is 0 Å². The summed E-state index contributed by atoms with van der Waals surface area (Å²) in [5.74, 6) is -0.553. The molecule has 192 valence electrons. The average molecular weight is 530 g/mol. The van der Waals surface area contributed by atoms with Gasteiger partial charge in [-0.3, -0.25) is 13.8 Å². The smallest absolute Gasteiger partial charge is 0.261 e. The predicted molar refractivity (Wildman–Crippen MR) is 144 cm³/mol. The average Bonchev–Trinajstić information content (AvgIpc) is 2.77. The molecule has 0 aliphatic heterocycles. The fourth-order valence-corrected chi connectivity index (χ4v) is 6.06. The number of carbonyl (C=O) groups excluding carboxylic acids is 1. The van der Waals surface area contributed by atoms with Crippen molar-refractivity contribution in [2.24, 2.45) is 0 Å². The van der Waals surface area contributed by atoms with Crippen molar-refractivity contribution >= 4 is 43.0 Å². The van der Waals surface area contributed by atoms with Crippen molar-refractivity contribution in [2.45, 2.75) is 45.6 Å². The Labute approximate surface area is 213 Å². The van der Waals surface area contributed by atoms with Crippen molar-refractivity contribution in [2.75, 3.05) is 20.6 Å². The van der Waals surface area contributed by atoms with E-state index < -0.39 is 32.0 Å². The van der Waals surface area contributed by atoms with Crippen LogP contribution in [0, 0.1) is 27.7 Å². The molecule has 0 fully saturated rings. The third-order valence-corrected chi connectivity index (χ3v) is 8.51. The van der Waals surface area contributed by atoms with Gasteiger partial charge in [0.25, 0.3) is 10.0 Å². The molecule has 0 bridgehead atoms. The molecule has 0 saturated carbocycles. The zero-order valence-electron chi connectivity index (χ0n) is 21.2. The molecule has 0 aromatic heterocycles. The summed E-state index contributed by atoms with van der Waals surface area (Å²) < 4.78 is 54.4. The minimum atomic E-state index is -3.84. The maximum atomic E-state index is 13.0. The highest BCUT2D eigenvalue weighted by Crippen LogP contribution is 2.25. The van der Waals surface area contributed by atoms with E-state index in [1.807, 2.05) is 39.8 Å². The van der Waals surface area contributed by atoms with Crippen molar-refractivity contribution in [1.29, 1.82) is 0 Å². The van der Waals surface area contributed by atoms with Gasteiger partial charge >= 0.3 is 0 Å². The fraction of sp³-hybridized carbons (Fsp3) is 0.269. The molecular formula is C26H31N3O5S2. The summed E-state index contributed by atoms with van der Waals surface area (Å²) in [6, 6.07) is 15.2. The van der Waals surface area contributed by atoms with Gasteiger partial charge in [-0.25, -0.2) is 16.8 Å². The van der Waals surface area contributed by atoms with Crippen LogP contribution in [-0.2, 0) is 24.8 Å². The van der Waals surface area contributed by atoms with Crippen LogP contribution >= 0.6 is 0 Å². The van der Waals surface area contributed by atoms with Crippen molar-refractivity contribution in [3.63, 3.8) is 0 Å². The van der Waals surface area contributed by atoms with Gasteiger partial charge in [0.2, 0.25) is 15.9 Å². The molecule has 3 aromatic rings. The maximum absolute atomic E-state index is 13.0. The summed E-state index contributed by atoms with van der Waals surface area (Å²) in [5, 5.41) is 2.67. The number of nitrogens with one attached hydrogen (secondary N) is 2. The van der Waals surface area contributed by atoms with Crippen molar-refractivity contribution in [3.05, 3.63) is 82.9 Å². The van der Waals surface area contributed by atoms with E-state index in [4.69, 9.17) is 0 Å². The predicted octanol–water partition coefficient (Wildman–Crippen LogP) is 4.51. The van der Waals surface area contributed by atoms with Gasteiger partial charge in [0, 0.05) is 5.69 Å². The number of amides is 1. The van der Waals surface area contributed by atoms with Gasteiger partial charge in [-0.1, -0.05) is 23.8 Å². The van der Waals surface area contributed by atoms with E-state index in [1.165, 1.54) is 31.2 Å². The van der Waals surface area contributed by atoms with Gasteiger partial charge in [-0.2, -0.15) is 0 Å². The number of anilines is 3. The molecule has 8 nitrogen and oxygen atoms in total. The number of hydrogen-bond donors (Lipinski definition) is 2. The van der Waals surface area contributed by atoms with Crippen molar-refractivity contribution < 1.29 is 21.6 Å². The molecular weight excluding hydrogens is 498 g/mol. The summed E-state index contributed by atoms with van der Waals surface area (Å²) in [7, 11) is -7.60. The Morgan fingerprint density at radius 3 is 2.00 bits per heavy atom. The fourth-order valence-electron chi connectivity index (χ4n) is 3.77. The van der Waals surface area contributed by atoms with Gasteiger partial charge in [-0.05, 0) is 93.8 Å². The number of rotatable bonds is 8. The molecule has 0 unspecified atom stereocenters. The molecule has 1 amide bonds. The van der Waals surface area contributed by atoms with Crippen LogP contribution in [0.15, 0.2) is 65.6 Å². The van der Waals surface area contributed by atoms with Gasteiger partial charge in [0.15, 0.2) is 0 Å². The van der Waals surface area contributed by atoms with Crippen LogP contribution in [0.25, 0.3) is 0 Å². The first kappa shape index (κ1) is 27.2. The Hall–Kier alpha value is -3.37. The number of hydrogen-bond acceptors (Lipinski definition) is 5. The second kappa shape index (κ2) is 10.3. The molecule has 3 aromatic carbocycles. The van der Waals surface area contributed by atoms with E-state index in [-0.39, 0.29) is 4.90 Å². The SMILES string of the molecule is Cc1ccc(NS(=O)(=O)c2ccc(NC(=O)[C@H](C)N(c3ccc(C)c(C)c3)S(C)(=O)=O)cc2)c(C)c1. The van der Waals surface area contributed by atoms with Gasteiger partial charge in [0.1, 0.15) is 6.04 Å². The Kier molecular flexibility index (Phi) is 7.80. The maximum Gasteiger partial charge on any atom is 0.261 e. The molecule has 3 rings (SSSR count). The quantitative estimate of drug-likeness (QED) is 0.446. The summed E-state index contributed by atoms with van der Waals surface area (Å²) >= 11 is 0. The third-order valence-electron chi connectivity index (χ3n) is 5.89. The van der Waals surface area contributed by atoms with Crippen LogP contribution < -0.4 is 14.3 Å². The largest absolute Gasteiger partial charge is 0.324 e. The number of carbonyl (C=O) groups is 1. The zero-order chi connectivity index (χ0) is 26.8. The minimum Gasteiger partial charge on any atom is -0.324 e. The highest BCUT2D eigenvalue weighted by atomic mass is 32.2. The van der Waals surface area contributed by atoms with Gasteiger partial charge in [-0.15, -0.1) is 0 Å². The number of sulfonamides is 2. The summed E-state index contributed by atoms with van der Waals surface area (Å²) in [6.45, 7) is 9.03. The normalized spacial score (nSPS) is 12.6. The Bertz CT molecular complexity index is 1500. The van der Waals surface area contributed by atoms with Crippen LogP contribution in [0.3, 0.4) is 0 Å². The Morgan fingerprint density at radius 2 is 1.44 bits per heavy atom. The van der Waals surface area contributed by atoms with Gasteiger partial charge in [0.05, 0.1) is 22.5 Å². The molecule has 2 N–H and O–H groups in total. The number of benzene rings is 3. The Morgan fingerprint density at radius 1 is 0.806 bits per heavy atom. The van der Waals surface area contributed by atoms with E-state index in [2.05, 4.69) is 10.0 Å². The molecule has 36 heavy (non-hydrogen) atoms. The Balaban J connectivity index is 1.78. The lowest BCUT2D eigenvalue weighted by Crippen LogP contribution is -2.45. The zero-order valence-corrected chi connectivity index (χ0v) is 22.8. The van der Waals surface area contributed by atoms with E-state index in [0.717, 1.165) is 32.8 Å². The summed E-state index contributed by atoms with van der Waals surface area (Å²) in [6.07, 6.45) is 1.05. The first-order valence-electron chi connectivity index (χ1n) is 11.3. The van der Waals surface area contributed by atoms with Crippen molar-refractivity contribution in [3.8, 4) is 0 Å². The molecule has 0 saturated heterocycles. The molecule has 0 aliphatic carbocycles. The van der Waals surface area contributed by atoms with Crippen LogP contribution in [-0.4, -0.2) is 35.0 Å². The van der Waals surface area contributed by atoms with E-state index in [9.17, 15) is 21.6 Å². The molecule has 0 heterocycles. The van der Waals surface area contributed by atoms with E-state index in [0.29, 0.717) is 17.1 Å². The van der Waals surface area contributed by atoms with Crippen LogP contribution in [0.1, 0.15) is 29.2 Å². The van der Waals surface area contributed by atoms with Crippen LogP contribution in [0.2, 0.25) is 0 Å². The number of aryl methyl sites for hydroxylation is 4. The third kappa shape index (κ3) is 6.24. The molecule has 0 radical (unpaired) electrons. The first-order valence-corrected chi connectivity index (χ1v) is 14.6. The molecule has 10 heteroatoms. The highest BCUT2D eigenvalue weighted by Gasteiger charge is 2.29. The monoisotopic (exact) mass is 529 g/mol. The summed E-state index contributed by atoms with van der Waals surface area (Å²) in [4.78, 5) is 13.0. The van der Waals surface area contributed by atoms with Gasteiger partial charge < -0.3 is 5.32 Å². The number of nitrogens with zero attached hydrogens (tertiary/aromatic N) is 1. The molecule has 0 aliphatic rings. The first-order chi connectivity index (χ1) is 16.7. The minimum absolute atomic E-state index is 0.0291. The lowest BCUT2D eigenvalue weighted by Gasteiger charge is -2.28. The van der Waals surface area contributed by atoms with Crippen LogP contribution in [0.4, 0.5) is 17.1 Å². The van der Waals surface area contributed by atoms with Crippen LogP contribution in [0.5, 0.6) is 0 Å². The summed E-state index contributed by atoms with van der Waals surface area (Å²) in [5.41, 5.74) is 4.95. The lowest BCUT2D eigenvalue weighted by molar-refractivity contribution is -0.116. The van der Waals surface area contributed by atoms with E-state index in [1.54, 1.807) is 24.3 Å². The standard InChI is InChI=1S/C26H31N3O5S2/c1-17-7-14-25(20(4)15-17)28-36(33,34)24-12-9-22(10-13-24)27-26(30)21(5)29(35(6,31)32)23-11-8-18(2)19(3)16-23/h7-16,21,28H,1-6H3,(H,27,30)/t21-/m0/s1. The molecule has 1 atom stereocenters. The molecule has 0 spiro atoms. The topological polar surface area (TPSA) is 113 Å². The lowest BCUT2D eigenvalue weighted by atomic mass is 10.1. The van der Waals surface area contributed by atoms with Crippen molar-refractivity contribution in [1.82, 2.24) is 0 Å². The second-order valence-electron chi connectivity index (χ2n) is 8.94. The second-order valence-corrected chi connectivity index (χ2v) is 12.5. The highest BCUT2D eigenvalue weighted by molar-refractivity contribution is 7.92.